The number of alkyl halides is 3. The molecule has 18 heavy (non-hydrogen) atoms. The summed E-state index contributed by atoms with van der Waals surface area (Å²) < 4.78 is 43.3. The van der Waals surface area contributed by atoms with Gasteiger partial charge in [0.05, 0.1) is 7.11 Å². The molecule has 0 aliphatic carbocycles. The Labute approximate surface area is 101 Å². The maximum Gasteiger partial charge on any atom is 0.451 e. The molecule has 0 amide bonds. The van der Waals surface area contributed by atoms with Crippen LogP contribution in [0.4, 0.5) is 13.2 Å². The predicted molar refractivity (Wildman–Crippen MR) is 58.0 cm³/mol. The number of rotatable bonds is 2. The van der Waals surface area contributed by atoms with E-state index >= 15 is 0 Å². The van der Waals surface area contributed by atoms with Crippen LogP contribution in [0.2, 0.25) is 0 Å². The first-order chi connectivity index (χ1) is 8.41. The largest absolute Gasteiger partial charge is 0.497 e. The Morgan fingerprint density at radius 1 is 1.17 bits per heavy atom. The monoisotopic (exact) mass is 257 g/mol. The molecule has 0 saturated carbocycles. The Kier molecular flexibility index (Phi) is 2.98. The van der Waals surface area contributed by atoms with Crippen molar-refractivity contribution in [2.75, 3.05) is 7.11 Å². The molecule has 1 aromatic carbocycles. The molecule has 1 heterocycles. The second-order valence-corrected chi connectivity index (χ2v) is 3.61. The van der Waals surface area contributed by atoms with Crippen molar-refractivity contribution in [3.8, 4) is 17.1 Å². The molecule has 0 unspecified atom stereocenters. The van der Waals surface area contributed by atoms with E-state index in [4.69, 9.17) is 4.74 Å². The minimum absolute atomic E-state index is 0.0347. The van der Waals surface area contributed by atoms with Crippen LogP contribution in [-0.4, -0.2) is 21.9 Å². The number of hydrogen-bond donors (Lipinski definition) is 0. The topological polar surface area (TPSA) is 39.9 Å². The van der Waals surface area contributed by atoms with E-state index in [0.29, 0.717) is 11.3 Å². The van der Waals surface area contributed by atoms with Gasteiger partial charge in [-0.25, -0.2) is 9.67 Å². The second kappa shape index (κ2) is 4.32. The van der Waals surface area contributed by atoms with Gasteiger partial charge < -0.3 is 4.74 Å². The molecular formula is C11H10F3N3O. The lowest BCUT2D eigenvalue weighted by Gasteiger charge is -2.02. The summed E-state index contributed by atoms with van der Waals surface area (Å²) in [6.07, 6.45) is -4.51. The number of ether oxygens (including phenoxy) is 1. The fourth-order valence-electron chi connectivity index (χ4n) is 1.49. The molecule has 0 radical (unpaired) electrons. The van der Waals surface area contributed by atoms with Gasteiger partial charge in [0.2, 0.25) is 5.82 Å². The van der Waals surface area contributed by atoms with Crippen LogP contribution in [-0.2, 0) is 13.2 Å². The van der Waals surface area contributed by atoms with Gasteiger partial charge in [0.15, 0.2) is 5.82 Å². The molecule has 2 aromatic rings. The van der Waals surface area contributed by atoms with Gasteiger partial charge in [0, 0.05) is 12.6 Å². The summed E-state index contributed by atoms with van der Waals surface area (Å²) >= 11 is 0. The Morgan fingerprint density at radius 3 is 2.22 bits per heavy atom. The van der Waals surface area contributed by atoms with Crippen LogP contribution in [0.5, 0.6) is 5.75 Å². The van der Waals surface area contributed by atoms with Crippen LogP contribution in [0.1, 0.15) is 5.82 Å². The number of benzene rings is 1. The van der Waals surface area contributed by atoms with Crippen molar-refractivity contribution in [3.63, 3.8) is 0 Å². The highest BCUT2D eigenvalue weighted by atomic mass is 19.4. The second-order valence-electron chi connectivity index (χ2n) is 3.61. The van der Waals surface area contributed by atoms with Crippen molar-refractivity contribution in [3.05, 3.63) is 30.1 Å². The maximum atomic E-state index is 12.6. The number of nitrogens with zero attached hydrogens (tertiary/aromatic N) is 3. The van der Waals surface area contributed by atoms with E-state index in [2.05, 4.69) is 10.1 Å². The Balaban J connectivity index is 2.39. The fraction of sp³-hybridized carbons (Fsp3) is 0.273. The zero-order valence-electron chi connectivity index (χ0n) is 9.69. The molecule has 0 fully saturated rings. The van der Waals surface area contributed by atoms with Crippen molar-refractivity contribution < 1.29 is 17.9 Å². The van der Waals surface area contributed by atoms with Crippen LogP contribution in [0, 0.1) is 0 Å². The quantitative estimate of drug-likeness (QED) is 0.829. The molecular weight excluding hydrogens is 247 g/mol. The normalized spacial score (nSPS) is 11.6. The highest BCUT2D eigenvalue weighted by Gasteiger charge is 2.37. The fourth-order valence-corrected chi connectivity index (χ4v) is 1.49. The molecule has 0 bridgehead atoms. The summed E-state index contributed by atoms with van der Waals surface area (Å²) in [6.45, 7) is 0. The molecule has 96 valence electrons. The average Bonchev–Trinajstić information content (AvgIpc) is 2.71. The summed E-state index contributed by atoms with van der Waals surface area (Å²) in [5.41, 5.74) is 0.502. The van der Waals surface area contributed by atoms with E-state index in [9.17, 15) is 13.2 Å². The maximum absolute atomic E-state index is 12.6. The minimum Gasteiger partial charge on any atom is -0.497 e. The molecule has 0 aliphatic rings. The van der Waals surface area contributed by atoms with Crippen LogP contribution >= 0.6 is 0 Å². The zero-order chi connectivity index (χ0) is 13.3. The summed E-state index contributed by atoms with van der Waals surface area (Å²) in [5.74, 6) is -0.369. The van der Waals surface area contributed by atoms with Crippen molar-refractivity contribution in [1.29, 1.82) is 0 Å². The van der Waals surface area contributed by atoms with Crippen LogP contribution < -0.4 is 4.74 Å². The lowest BCUT2D eigenvalue weighted by Crippen LogP contribution is -2.13. The minimum atomic E-state index is -4.51. The van der Waals surface area contributed by atoms with E-state index in [1.807, 2.05) is 0 Å². The van der Waals surface area contributed by atoms with Crippen LogP contribution in [0.3, 0.4) is 0 Å². The van der Waals surface area contributed by atoms with Crippen LogP contribution in [0.25, 0.3) is 11.4 Å². The van der Waals surface area contributed by atoms with Gasteiger partial charge in [-0.15, -0.1) is 0 Å². The van der Waals surface area contributed by atoms with E-state index in [1.54, 1.807) is 24.3 Å². The van der Waals surface area contributed by atoms with Crippen LogP contribution in [0.15, 0.2) is 24.3 Å². The third kappa shape index (κ3) is 2.29. The number of methoxy groups -OCH3 is 1. The zero-order valence-corrected chi connectivity index (χ0v) is 9.69. The number of aromatic nitrogens is 3. The molecule has 4 nitrogen and oxygen atoms in total. The predicted octanol–water partition coefficient (Wildman–Crippen LogP) is 2.51. The summed E-state index contributed by atoms with van der Waals surface area (Å²) in [4.78, 5) is 3.49. The molecule has 0 saturated heterocycles. The Hall–Kier alpha value is -2.05. The summed E-state index contributed by atoms with van der Waals surface area (Å²) in [7, 11) is 2.72. The van der Waals surface area contributed by atoms with Crippen molar-refractivity contribution in [2.45, 2.75) is 6.18 Å². The third-order valence-corrected chi connectivity index (χ3v) is 2.36. The molecule has 0 N–H and O–H groups in total. The average molecular weight is 257 g/mol. The van der Waals surface area contributed by atoms with Gasteiger partial charge in [-0.05, 0) is 24.3 Å². The smallest absolute Gasteiger partial charge is 0.451 e. The van der Waals surface area contributed by atoms with Gasteiger partial charge in [-0.2, -0.15) is 18.3 Å². The highest BCUT2D eigenvalue weighted by molar-refractivity contribution is 5.55. The van der Waals surface area contributed by atoms with Crippen molar-refractivity contribution >= 4 is 0 Å². The lowest BCUT2D eigenvalue weighted by atomic mass is 10.2. The molecule has 7 heteroatoms. The standard InChI is InChI=1S/C11H10F3N3O/c1-17-10(11(12,13)14)15-9(16-17)7-3-5-8(18-2)6-4-7/h3-6H,1-2H3. The first-order valence-electron chi connectivity index (χ1n) is 5.04. The van der Waals surface area contributed by atoms with Gasteiger partial charge >= 0.3 is 6.18 Å². The molecule has 0 atom stereocenters. The van der Waals surface area contributed by atoms with E-state index in [-0.39, 0.29) is 5.82 Å². The van der Waals surface area contributed by atoms with Gasteiger partial charge in [-0.1, -0.05) is 0 Å². The first kappa shape index (κ1) is 12.4. The van der Waals surface area contributed by atoms with Crippen molar-refractivity contribution in [1.82, 2.24) is 14.8 Å². The Bertz CT molecular complexity index is 546. The Morgan fingerprint density at radius 2 is 1.78 bits per heavy atom. The third-order valence-electron chi connectivity index (χ3n) is 2.36. The number of hydrogen-bond acceptors (Lipinski definition) is 3. The van der Waals surface area contributed by atoms with E-state index in [1.165, 1.54) is 14.2 Å². The molecule has 0 spiro atoms. The molecule has 2 rings (SSSR count). The lowest BCUT2D eigenvalue weighted by molar-refractivity contribution is -0.147. The van der Waals surface area contributed by atoms with Crippen molar-refractivity contribution in [2.24, 2.45) is 7.05 Å². The van der Waals surface area contributed by atoms with Gasteiger partial charge in [-0.3, -0.25) is 0 Å². The first-order valence-corrected chi connectivity index (χ1v) is 5.04. The van der Waals surface area contributed by atoms with Gasteiger partial charge in [0.1, 0.15) is 5.75 Å². The SMILES string of the molecule is COc1ccc(-c2nc(C(F)(F)F)n(C)n2)cc1. The molecule has 1 aromatic heterocycles. The van der Waals surface area contributed by atoms with E-state index in [0.717, 1.165) is 4.68 Å². The number of aryl methyl sites for hydroxylation is 1. The van der Waals surface area contributed by atoms with Gasteiger partial charge in [0.25, 0.3) is 0 Å². The van der Waals surface area contributed by atoms with E-state index < -0.39 is 12.0 Å². The summed E-state index contributed by atoms with van der Waals surface area (Å²) in [5, 5.41) is 3.75. The summed E-state index contributed by atoms with van der Waals surface area (Å²) in [6, 6.07) is 6.49. The number of halogens is 3. The molecule has 0 aliphatic heterocycles. The highest BCUT2D eigenvalue weighted by Crippen LogP contribution is 2.29.